The Labute approximate surface area is 86.4 Å². The largest absolute Gasteiger partial charge is 0.478 e. The molecule has 0 aliphatic carbocycles. The standard InChI is InChI=1S/C10H11N3O2/c1-3-8-9-7(10(14)15)4-11-13(9)5-6(2)12-8/h4-5H,3H2,1-2H3,(H,14,15). The van der Waals surface area contributed by atoms with Crippen molar-refractivity contribution >= 4 is 11.5 Å². The average Bonchev–Trinajstić information content (AvgIpc) is 2.59. The summed E-state index contributed by atoms with van der Waals surface area (Å²) in [4.78, 5) is 15.3. The van der Waals surface area contributed by atoms with Crippen LogP contribution in [-0.2, 0) is 6.42 Å². The summed E-state index contributed by atoms with van der Waals surface area (Å²) in [5.74, 6) is -0.967. The summed E-state index contributed by atoms with van der Waals surface area (Å²) < 4.78 is 1.57. The quantitative estimate of drug-likeness (QED) is 0.802. The minimum Gasteiger partial charge on any atom is -0.478 e. The van der Waals surface area contributed by atoms with Crippen LogP contribution in [0.4, 0.5) is 0 Å². The van der Waals surface area contributed by atoms with Crippen LogP contribution in [0.15, 0.2) is 12.4 Å². The summed E-state index contributed by atoms with van der Waals surface area (Å²) in [6.07, 6.45) is 3.77. The number of carbonyl (C=O) groups is 1. The molecular weight excluding hydrogens is 194 g/mol. The first-order valence-electron chi connectivity index (χ1n) is 4.70. The first-order valence-corrected chi connectivity index (χ1v) is 4.70. The van der Waals surface area contributed by atoms with Gasteiger partial charge in [-0.3, -0.25) is 4.98 Å². The number of hydrogen-bond donors (Lipinski definition) is 1. The second-order valence-corrected chi connectivity index (χ2v) is 3.34. The average molecular weight is 205 g/mol. The molecule has 2 rings (SSSR count). The number of aryl methyl sites for hydroxylation is 2. The van der Waals surface area contributed by atoms with Gasteiger partial charge in [0.15, 0.2) is 0 Å². The molecule has 0 atom stereocenters. The maximum atomic E-state index is 10.9. The lowest BCUT2D eigenvalue weighted by molar-refractivity contribution is 0.0699. The Balaban J connectivity index is 2.83. The highest BCUT2D eigenvalue weighted by atomic mass is 16.4. The van der Waals surface area contributed by atoms with Crippen LogP contribution in [0.5, 0.6) is 0 Å². The van der Waals surface area contributed by atoms with Crippen molar-refractivity contribution < 1.29 is 9.90 Å². The van der Waals surface area contributed by atoms with Crippen molar-refractivity contribution in [1.82, 2.24) is 14.6 Å². The number of rotatable bonds is 2. The molecule has 0 saturated heterocycles. The van der Waals surface area contributed by atoms with E-state index in [1.165, 1.54) is 6.20 Å². The lowest BCUT2D eigenvalue weighted by Gasteiger charge is -2.03. The molecule has 0 aliphatic rings. The fourth-order valence-corrected chi connectivity index (χ4v) is 1.62. The van der Waals surface area contributed by atoms with E-state index in [1.807, 2.05) is 13.8 Å². The molecule has 0 aliphatic heterocycles. The Morgan fingerprint density at radius 1 is 1.60 bits per heavy atom. The molecule has 15 heavy (non-hydrogen) atoms. The van der Waals surface area contributed by atoms with Gasteiger partial charge in [-0.1, -0.05) is 6.92 Å². The van der Waals surface area contributed by atoms with E-state index in [0.717, 1.165) is 11.4 Å². The molecule has 0 saturated carbocycles. The van der Waals surface area contributed by atoms with Crippen molar-refractivity contribution in [1.29, 1.82) is 0 Å². The summed E-state index contributed by atoms with van der Waals surface area (Å²) in [5, 5.41) is 13.0. The van der Waals surface area contributed by atoms with E-state index in [-0.39, 0.29) is 5.56 Å². The normalized spacial score (nSPS) is 10.8. The van der Waals surface area contributed by atoms with Crippen LogP contribution in [-0.4, -0.2) is 25.7 Å². The number of nitrogens with zero attached hydrogens (tertiary/aromatic N) is 3. The van der Waals surface area contributed by atoms with E-state index in [4.69, 9.17) is 5.11 Å². The fourth-order valence-electron chi connectivity index (χ4n) is 1.62. The molecule has 0 bridgehead atoms. The molecular formula is C10H11N3O2. The maximum Gasteiger partial charge on any atom is 0.339 e. The predicted molar refractivity (Wildman–Crippen MR) is 54.1 cm³/mol. The fraction of sp³-hybridized carbons (Fsp3) is 0.300. The van der Waals surface area contributed by atoms with Gasteiger partial charge in [0.25, 0.3) is 0 Å². The van der Waals surface area contributed by atoms with E-state index >= 15 is 0 Å². The van der Waals surface area contributed by atoms with Crippen molar-refractivity contribution in [2.45, 2.75) is 20.3 Å². The van der Waals surface area contributed by atoms with Crippen LogP contribution in [0, 0.1) is 6.92 Å². The Morgan fingerprint density at radius 2 is 2.33 bits per heavy atom. The van der Waals surface area contributed by atoms with Crippen molar-refractivity contribution in [3.8, 4) is 0 Å². The Morgan fingerprint density at radius 3 is 2.93 bits per heavy atom. The Kier molecular flexibility index (Phi) is 2.15. The zero-order valence-electron chi connectivity index (χ0n) is 8.56. The Hall–Kier alpha value is -1.91. The maximum absolute atomic E-state index is 10.9. The molecule has 0 spiro atoms. The molecule has 0 aromatic carbocycles. The summed E-state index contributed by atoms with van der Waals surface area (Å²) in [6.45, 7) is 3.81. The van der Waals surface area contributed by atoms with Crippen molar-refractivity contribution in [3.05, 3.63) is 29.3 Å². The first-order chi connectivity index (χ1) is 7.13. The second kappa shape index (κ2) is 3.34. The van der Waals surface area contributed by atoms with Gasteiger partial charge in [0, 0.05) is 0 Å². The second-order valence-electron chi connectivity index (χ2n) is 3.34. The molecule has 5 nitrogen and oxygen atoms in total. The summed E-state index contributed by atoms with van der Waals surface area (Å²) in [7, 11) is 0. The SMILES string of the molecule is CCc1nc(C)cn2ncc(C(=O)O)c12. The van der Waals surface area contributed by atoms with Crippen molar-refractivity contribution in [2.24, 2.45) is 0 Å². The van der Waals surface area contributed by atoms with Crippen LogP contribution >= 0.6 is 0 Å². The molecule has 0 radical (unpaired) electrons. The molecule has 78 valence electrons. The van der Waals surface area contributed by atoms with E-state index in [9.17, 15) is 4.79 Å². The summed E-state index contributed by atoms with van der Waals surface area (Å²) in [5.41, 5.74) is 2.40. The minimum absolute atomic E-state index is 0.208. The molecule has 2 aromatic heterocycles. The highest BCUT2D eigenvalue weighted by Crippen LogP contribution is 2.15. The molecule has 1 N–H and O–H groups in total. The summed E-state index contributed by atoms with van der Waals surface area (Å²) >= 11 is 0. The highest BCUT2D eigenvalue weighted by Gasteiger charge is 2.15. The third kappa shape index (κ3) is 1.45. The van der Waals surface area contributed by atoms with Crippen LogP contribution in [0.1, 0.15) is 28.7 Å². The van der Waals surface area contributed by atoms with E-state index < -0.39 is 5.97 Å². The third-order valence-electron chi connectivity index (χ3n) is 2.25. The van der Waals surface area contributed by atoms with Crippen LogP contribution in [0.25, 0.3) is 5.52 Å². The zero-order chi connectivity index (χ0) is 11.0. The molecule has 2 heterocycles. The van der Waals surface area contributed by atoms with Crippen LogP contribution < -0.4 is 0 Å². The van der Waals surface area contributed by atoms with Gasteiger partial charge in [0.1, 0.15) is 11.1 Å². The topological polar surface area (TPSA) is 67.5 Å². The first kappa shape index (κ1) is 9.64. The monoisotopic (exact) mass is 205 g/mol. The van der Waals surface area contributed by atoms with Crippen LogP contribution in [0.2, 0.25) is 0 Å². The number of aromatic carboxylic acids is 1. The Bertz CT molecular complexity index is 531. The van der Waals surface area contributed by atoms with Gasteiger partial charge in [-0.05, 0) is 13.3 Å². The molecule has 0 unspecified atom stereocenters. The predicted octanol–water partition coefficient (Wildman–Crippen LogP) is 1.30. The molecule has 5 heteroatoms. The van der Waals surface area contributed by atoms with E-state index in [0.29, 0.717) is 11.9 Å². The van der Waals surface area contributed by atoms with Crippen LogP contribution in [0.3, 0.4) is 0 Å². The minimum atomic E-state index is -0.967. The van der Waals surface area contributed by atoms with Crippen molar-refractivity contribution in [2.75, 3.05) is 0 Å². The third-order valence-corrected chi connectivity index (χ3v) is 2.25. The number of fused-ring (bicyclic) bond motifs is 1. The number of carboxylic acid groups (broad SMARTS) is 1. The van der Waals surface area contributed by atoms with Gasteiger partial charge in [-0.15, -0.1) is 0 Å². The van der Waals surface area contributed by atoms with Gasteiger partial charge in [0.05, 0.1) is 23.8 Å². The van der Waals surface area contributed by atoms with Gasteiger partial charge in [0.2, 0.25) is 0 Å². The number of carboxylic acids is 1. The van der Waals surface area contributed by atoms with Gasteiger partial charge < -0.3 is 5.11 Å². The summed E-state index contributed by atoms with van der Waals surface area (Å²) in [6, 6.07) is 0. The lowest BCUT2D eigenvalue weighted by atomic mass is 10.2. The number of hydrogen-bond acceptors (Lipinski definition) is 3. The van der Waals surface area contributed by atoms with Gasteiger partial charge >= 0.3 is 5.97 Å². The van der Waals surface area contributed by atoms with E-state index in [1.54, 1.807) is 10.7 Å². The molecule has 2 aromatic rings. The molecule has 0 amide bonds. The zero-order valence-corrected chi connectivity index (χ0v) is 8.56. The molecule has 0 fully saturated rings. The van der Waals surface area contributed by atoms with Crippen molar-refractivity contribution in [3.63, 3.8) is 0 Å². The highest BCUT2D eigenvalue weighted by molar-refractivity contribution is 5.96. The van der Waals surface area contributed by atoms with Gasteiger partial charge in [-0.2, -0.15) is 5.10 Å². The smallest absolute Gasteiger partial charge is 0.339 e. The van der Waals surface area contributed by atoms with E-state index in [2.05, 4.69) is 10.1 Å². The number of aromatic nitrogens is 3. The lowest BCUT2D eigenvalue weighted by Crippen LogP contribution is -2.02. The van der Waals surface area contributed by atoms with Gasteiger partial charge in [-0.25, -0.2) is 9.31 Å².